The average Bonchev–Trinajstić information content (AvgIpc) is 2.44. The number of halogens is 1. The number of anilines is 1. The van der Waals surface area contributed by atoms with Gasteiger partial charge in [0, 0.05) is 16.6 Å². The van der Waals surface area contributed by atoms with Crippen LogP contribution in [0.2, 0.25) is 0 Å². The summed E-state index contributed by atoms with van der Waals surface area (Å²) >= 11 is 3.48. The number of benzene rings is 1. The van der Waals surface area contributed by atoms with Crippen LogP contribution in [0.1, 0.15) is 49.7 Å². The number of carbonyl (C=O) groups excluding carboxylic acids is 1. The predicted molar refractivity (Wildman–Crippen MR) is 91.4 cm³/mol. The zero-order chi connectivity index (χ0) is 15.5. The molecule has 2 rings (SSSR count). The minimum Gasteiger partial charge on any atom is -0.330 e. The van der Waals surface area contributed by atoms with Crippen LogP contribution in [0.5, 0.6) is 0 Å². The molecule has 3 N–H and O–H groups in total. The molecular formula is C17H25BrN2O. The van der Waals surface area contributed by atoms with E-state index in [-0.39, 0.29) is 11.3 Å². The Morgan fingerprint density at radius 3 is 2.33 bits per heavy atom. The van der Waals surface area contributed by atoms with E-state index in [2.05, 4.69) is 21.2 Å². The molecule has 0 atom stereocenters. The minimum absolute atomic E-state index is 0.0134. The fourth-order valence-corrected chi connectivity index (χ4v) is 4.07. The first-order chi connectivity index (χ1) is 9.96. The summed E-state index contributed by atoms with van der Waals surface area (Å²) in [4.78, 5) is 12.5. The van der Waals surface area contributed by atoms with E-state index in [1.807, 2.05) is 26.0 Å². The Labute approximate surface area is 135 Å². The number of hydrogen-bond acceptors (Lipinski definition) is 2. The highest BCUT2D eigenvalue weighted by atomic mass is 79.9. The molecule has 0 bridgehead atoms. The van der Waals surface area contributed by atoms with Gasteiger partial charge in [-0.2, -0.15) is 0 Å². The summed E-state index contributed by atoms with van der Waals surface area (Å²) < 4.78 is 1.04. The largest absolute Gasteiger partial charge is 0.330 e. The van der Waals surface area contributed by atoms with Crippen molar-refractivity contribution < 1.29 is 4.79 Å². The zero-order valence-corrected chi connectivity index (χ0v) is 14.6. The maximum Gasteiger partial charge on any atom is 0.224 e. The quantitative estimate of drug-likeness (QED) is 0.848. The molecule has 0 aliphatic heterocycles. The van der Waals surface area contributed by atoms with Crippen molar-refractivity contribution in [1.82, 2.24) is 0 Å². The summed E-state index contributed by atoms with van der Waals surface area (Å²) in [7, 11) is 0. The van der Waals surface area contributed by atoms with Gasteiger partial charge in [-0.1, -0.05) is 35.2 Å². The SMILES string of the molecule is Cc1cc(Br)cc(C)c1NC(=O)CC1(CN)CCCCC1. The number of hydrogen-bond donors (Lipinski definition) is 2. The van der Waals surface area contributed by atoms with Crippen LogP contribution < -0.4 is 11.1 Å². The lowest BCUT2D eigenvalue weighted by Gasteiger charge is -2.35. The molecule has 1 aliphatic rings. The second kappa shape index (κ2) is 6.93. The Morgan fingerprint density at radius 1 is 1.24 bits per heavy atom. The van der Waals surface area contributed by atoms with Gasteiger partial charge in [-0.3, -0.25) is 4.79 Å². The van der Waals surface area contributed by atoms with E-state index in [4.69, 9.17) is 5.73 Å². The first kappa shape index (κ1) is 16.5. The molecule has 0 spiro atoms. The van der Waals surface area contributed by atoms with Gasteiger partial charge in [0.2, 0.25) is 5.91 Å². The van der Waals surface area contributed by atoms with E-state index >= 15 is 0 Å². The van der Waals surface area contributed by atoms with E-state index in [1.54, 1.807) is 0 Å². The molecule has 4 heteroatoms. The van der Waals surface area contributed by atoms with Crippen molar-refractivity contribution in [3.8, 4) is 0 Å². The van der Waals surface area contributed by atoms with Crippen LogP contribution in [0.4, 0.5) is 5.69 Å². The second-order valence-electron chi connectivity index (χ2n) is 6.40. The summed E-state index contributed by atoms with van der Waals surface area (Å²) in [5, 5.41) is 3.10. The summed E-state index contributed by atoms with van der Waals surface area (Å²) in [6, 6.07) is 4.06. The Kier molecular flexibility index (Phi) is 5.44. The fourth-order valence-electron chi connectivity index (χ4n) is 3.39. The van der Waals surface area contributed by atoms with Crippen LogP contribution in [0.25, 0.3) is 0 Å². The molecular weight excluding hydrogens is 328 g/mol. The third-order valence-electron chi connectivity index (χ3n) is 4.64. The van der Waals surface area contributed by atoms with Crippen LogP contribution in [0.3, 0.4) is 0 Å². The van der Waals surface area contributed by atoms with Crippen molar-refractivity contribution in [3.05, 3.63) is 27.7 Å². The fraction of sp³-hybridized carbons (Fsp3) is 0.588. The topological polar surface area (TPSA) is 55.1 Å². The van der Waals surface area contributed by atoms with Gasteiger partial charge >= 0.3 is 0 Å². The molecule has 1 saturated carbocycles. The van der Waals surface area contributed by atoms with Gasteiger partial charge in [0.05, 0.1) is 0 Å². The third-order valence-corrected chi connectivity index (χ3v) is 5.10. The number of aryl methyl sites for hydroxylation is 2. The summed E-state index contributed by atoms with van der Waals surface area (Å²) in [5.74, 6) is 0.0934. The standard InChI is InChI=1S/C17H25BrN2O/c1-12-8-14(18)9-13(2)16(12)20-15(21)10-17(11-19)6-4-3-5-7-17/h8-9H,3-7,10-11,19H2,1-2H3,(H,20,21). The number of nitrogens with one attached hydrogen (secondary N) is 1. The molecule has 0 heterocycles. The van der Waals surface area contributed by atoms with E-state index in [9.17, 15) is 4.79 Å². The van der Waals surface area contributed by atoms with E-state index in [0.29, 0.717) is 13.0 Å². The Bertz CT molecular complexity index is 499. The molecule has 1 aromatic carbocycles. The average molecular weight is 353 g/mol. The van der Waals surface area contributed by atoms with Crippen LogP contribution in [0.15, 0.2) is 16.6 Å². The van der Waals surface area contributed by atoms with Crippen LogP contribution in [0, 0.1) is 19.3 Å². The lowest BCUT2D eigenvalue weighted by atomic mass is 9.71. The van der Waals surface area contributed by atoms with Gasteiger partial charge in [0.1, 0.15) is 0 Å². The normalized spacial score (nSPS) is 17.5. The Hall–Kier alpha value is -0.870. The summed E-state index contributed by atoms with van der Waals surface area (Å²) in [6.45, 7) is 4.65. The summed E-state index contributed by atoms with van der Waals surface area (Å²) in [5.41, 5.74) is 9.09. The van der Waals surface area contributed by atoms with E-state index in [1.165, 1.54) is 19.3 Å². The van der Waals surface area contributed by atoms with Crippen molar-refractivity contribution in [1.29, 1.82) is 0 Å². The molecule has 1 aromatic rings. The van der Waals surface area contributed by atoms with Gasteiger partial charge in [0.25, 0.3) is 0 Å². The molecule has 0 unspecified atom stereocenters. The highest BCUT2D eigenvalue weighted by molar-refractivity contribution is 9.10. The van der Waals surface area contributed by atoms with Crippen LogP contribution in [-0.4, -0.2) is 12.5 Å². The molecule has 1 aliphatic carbocycles. The van der Waals surface area contributed by atoms with Crippen molar-refractivity contribution in [2.24, 2.45) is 11.1 Å². The van der Waals surface area contributed by atoms with Gasteiger partial charge in [-0.05, 0) is 61.9 Å². The smallest absolute Gasteiger partial charge is 0.224 e. The molecule has 3 nitrogen and oxygen atoms in total. The van der Waals surface area contributed by atoms with Gasteiger partial charge < -0.3 is 11.1 Å². The van der Waals surface area contributed by atoms with Crippen molar-refractivity contribution >= 4 is 27.5 Å². The number of nitrogens with two attached hydrogens (primary N) is 1. The second-order valence-corrected chi connectivity index (χ2v) is 7.32. The minimum atomic E-state index is 0.0134. The predicted octanol–water partition coefficient (Wildman–Crippen LogP) is 4.30. The Morgan fingerprint density at radius 2 is 1.81 bits per heavy atom. The molecule has 0 radical (unpaired) electrons. The number of rotatable bonds is 4. The maximum atomic E-state index is 12.5. The third kappa shape index (κ3) is 4.07. The highest BCUT2D eigenvalue weighted by Gasteiger charge is 2.33. The van der Waals surface area contributed by atoms with Crippen LogP contribution in [-0.2, 0) is 4.79 Å². The Balaban J connectivity index is 2.08. The first-order valence-corrected chi connectivity index (χ1v) is 8.52. The molecule has 1 fully saturated rings. The number of amides is 1. The monoisotopic (exact) mass is 352 g/mol. The maximum absolute atomic E-state index is 12.5. The number of carbonyl (C=O) groups is 1. The van der Waals surface area contributed by atoms with Gasteiger partial charge in [-0.15, -0.1) is 0 Å². The van der Waals surface area contributed by atoms with Gasteiger partial charge in [0.15, 0.2) is 0 Å². The first-order valence-electron chi connectivity index (χ1n) is 7.72. The van der Waals surface area contributed by atoms with Crippen LogP contribution >= 0.6 is 15.9 Å². The van der Waals surface area contributed by atoms with E-state index < -0.39 is 0 Å². The molecule has 1 amide bonds. The van der Waals surface area contributed by atoms with Crippen molar-refractivity contribution in [3.63, 3.8) is 0 Å². The lowest BCUT2D eigenvalue weighted by molar-refractivity contribution is -0.118. The van der Waals surface area contributed by atoms with Gasteiger partial charge in [-0.25, -0.2) is 0 Å². The van der Waals surface area contributed by atoms with Crippen molar-refractivity contribution in [2.75, 3.05) is 11.9 Å². The molecule has 0 saturated heterocycles. The lowest BCUT2D eigenvalue weighted by Crippen LogP contribution is -2.36. The summed E-state index contributed by atoms with van der Waals surface area (Å²) in [6.07, 6.45) is 6.36. The molecule has 116 valence electrons. The molecule has 21 heavy (non-hydrogen) atoms. The highest BCUT2D eigenvalue weighted by Crippen LogP contribution is 2.38. The van der Waals surface area contributed by atoms with E-state index in [0.717, 1.165) is 34.1 Å². The zero-order valence-electron chi connectivity index (χ0n) is 13.0. The molecule has 0 aromatic heterocycles. The van der Waals surface area contributed by atoms with Crippen molar-refractivity contribution in [2.45, 2.75) is 52.4 Å².